The Kier molecular flexibility index (Phi) is 4.18. The molecule has 2 aromatic rings. The molecule has 1 aromatic carbocycles. The molecule has 0 spiro atoms. The van der Waals surface area contributed by atoms with E-state index in [1.807, 2.05) is 18.2 Å². The quantitative estimate of drug-likeness (QED) is 0.867. The number of amides is 1. The highest BCUT2D eigenvalue weighted by Gasteiger charge is 2.07. The van der Waals surface area contributed by atoms with Crippen molar-refractivity contribution in [2.24, 2.45) is 5.92 Å². The zero-order valence-electron chi connectivity index (χ0n) is 11.0. The van der Waals surface area contributed by atoms with E-state index < -0.39 is 0 Å². The van der Waals surface area contributed by atoms with Crippen molar-refractivity contribution in [2.75, 3.05) is 11.9 Å². The first-order valence-electron chi connectivity index (χ1n) is 6.18. The number of benzene rings is 1. The monoisotopic (exact) mass is 259 g/mol. The molecule has 0 bridgehead atoms. The number of nitrogens with zero attached hydrogens (tertiary/aromatic N) is 1. The van der Waals surface area contributed by atoms with Gasteiger partial charge in [0.1, 0.15) is 5.75 Å². The lowest BCUT2D eigenvalue weighted by Gasteiger charge is -2.10. The molecule has 0 saturated carbocycles. The number of aromatic nitrogens is 2. The Morgan fingerprint density at radius 3 is 3.00 bits per heavy atom. The zero-order valence-corrected chi connectivity index (χ0v) is 11.0. The number of nitrogens with one attached hydrogen (secondary N) is 2. The molecule has 100 valence electrons. The molecule has 0 aliphatic heterocycles. The third kappa shape index (κ3) is 3.84. The Morgan fingerprint density at radius 2 is 2.32 bits per heavy atom. The lowest BCUT2D eigenvalue weighted by atomic mass is 10.2. The van der Waals surface area contributed by atoms with E-state index in [2.05, 4.69) is 29.4 Å². The van der Waals surface area contributed by atoms with Crippen LogP contribution in [0.25, 0.3) is 0 Å². The first-order valence-corrected chi connectivity index (χ1v) is 6.18. The number of carbonyl (C=O) groups excluding carboxylic acids is 1. The Hall–Kier alpha value is -2.30. The van der Waals surface area contributed by atoms with Crippen LogP contribution in [0.5, 0.6) is 5.75 Å². The standard InChI is InChI=1S/C14H17N3O2/c1-10(2)9-19-13-5-3-4-12(6-13)17-14(18)11-7-15-16-8-11/h3-8,10H,9H2,1-2H3,(H,15,16)(H,17,18). The second-order valence-corrected chi connectivity index (χ2v) is 4.67. The minimum Gasteiger partial charge on any atom is -0.493 e. The van der Waals surface area contributed by atoms with Crippen LogP contribution in [0.15, 0.2) is 36.7 Å². The maximum Gasteiger partial charge on any atom is 0.258 e. The molecule has 1 aromatic heterocycles. The molecule has 2 N–H and O–H groups in total. The van der Waals surface area contributed by atoms with Crippen molar-refractivity contribution in [1.82, 2.24) is 10.2 Å². The van der Waals surface area contributed by atoms with Gasteiger partial charge in [-0.25, -0.2) is 0 Å². The third-order valence-electron chi connectivity index (χ3n) is 2.44. The minimum absolute atomic E-state index is 0.199. The molecule has 2 rings (SSSR count). The number of rotatable bonds is 5. The van der Waals surface area contributed by atoms with Gasteiger partial charge in [-0.05, 0) is 18.1 Å². The van der Waals surface area contributed by atoms with Gasteiger partial charge in [0, 0.05) is 18.0 Å². The largest absolute Gasteiger partial charge is 0.493 e. The van der Waals surface area contributed by atoms with Gasteiger partial charge in [-0.15, -0.1) is 0 Å². The Labute approximate surface area is 112 Å². The third-order valence-corrected chi connectivity index (χ3v) is 2.44. The number of hydrogen-bond acceptors (Lipinski definition) is 3. The Balaban J connectivity index is 2.01. The summed E-state index contributed by atoms with van der Waals surface area (Å²) in [6.07, 6.45) is 3.03. The van der Waals surface area contributed by atoms with Gasteiger partial charge in [0.15, 0.2) is 0 Å². The molecule has 0 aliphatic carbocycles. The summed E-state index contributed by atoms with van der Waals surface area (Å²) in [4.78, 5) is 11.8. The topological polar surface area (TPSA) is 67.0 Å². The van der Waals surface area contributed by atoms with Crippen LogP contribution in [0.2, 0.25) is 0 Å². The summed E-state index contributed by atoms with van der Waals surface area (Å²) < 4.78 is 5.61. The number of H-pyrrole nitrogens is 1. The zero-order chi connectivity index (χ0) is 13.7. The predicted octanol–water partition coefficient (Wildman–Crippen LogP) is 2.70. The van der Waals surface area contributed by atoms with Gasteiger partial charge in [0.2, 0.25) is 0 Å². The average Bonchev–Trinajstić information content (AvgIpc) is 2.91. The second-order valence-electron chi connectivity index (χ2n) is 4.67. The van der Waals surface area contributed by atoms with E-state index in [-0.39, 0.29) is 5.91 Å². The van der Waals surface area contributed by atoms with Crippen molar-refractivity contribution >= 4 is 11.6 Å². The lowest BCUT2D eigenvalue weighted by Crippen LogP contribution is -2.11. The van der Waals surface area contributed by atoms with E-state index in [0.717, 1.165) is 5.75 Å². The number of carbonyl (C=O) groups is 1. The predicted molar refractivity (Wildman–Crippen MR) is 73.3 cm³/mol. The van der Waals surface area contributed by atoms with E-state index in [1.54, 1.807) is 12.3 Å². The van der Waals surface area contributed by atoms with E-state index in [1.165, 1.54) is 6.20 Å². The molecule has 0 fully saturated rings. The first kappa shape index (κ1) is 13.1. The van der Waals surface area contributed by atoms with E-state index in [0.29, 0.717) is 23.8 Å². The van der Waals surface area contributed by atoms with Crippen LogP contribution in [0, 0.1) is 5.92 Å². The van der Waals surface area contributed by atoms with Gasteiger partial charge in [-0.2, -0.15) is 5.10 Å². The molecule has 1 heterocycles. The first-order chi connectivity index (χ1) is 9.15. The molecule has 0 unspecified atom stereocenters. The van der Waals surface area contributed by atoms with Gasteiger partial charge >= 0.3 is 0 Å². The van der Waals surface area contributed by atoms with Gasteiger partial charge in [0.05, 0.1) is 18.4 Å². The molecule has 19 heavy (non-hydrogen) atoms. The summed E-state index contributed by atoms with van der Waals surface area (Å²) in [6, 6.07) is 7.34. The van der Waals surface area contributed by atoms with Crippen LogP contribution < -0.4 is 10.1 Å². The molecule has 0 saturated heterocycles. The fourth-order valence-corrected chi connectivity index (χ4v) is 1.50. The van der Waals surface area contributed by atoms with Crippen molar-refractivity contribution in [3.05, 3.63) is 42.2 Å². The van der Waals surface area contributed by atoms with Crippen molar-refractivity contribution < 1.29 is 9.53 Å². The van der Waals surface area contributed by atoms with Crippen LogP contribution in [0.4, 0.5) is 5.69 Å². The molecule has 5 heteroatoms. The molecule has 5 nitrogen and oxygen atoms in total. The molecule has 1 amide bonds. The van der Waals surface area contributed by atoms with Crippen molar-refractivity contribution in [2.45, 2.75) is 13.8 Å². The summed E-state index contributed by atoms with van der Waals surface area (Å²) in [5, 5.41) is 9.14. The summed E-state index contributed by atoms with van der Waals surface area (Å²) in [7, 11) is 0. The van der Waals surface area contributed by atoms with Crippen LogP contribution in [-0.2, 0) is 0 Å². The maximum atomic E-state index is 11.8. The van der Waals surface area contributed by atoms with Crippen LogP contribution in [0.1, 0.15) is 24.2 Å². The van der Waals surface area contributed by atoms with E-state index in [9.17, 15) is 4.79 Å². The van der Waals surface area contributed by atoms with Gasteiger partial charge in [0.25, 0.3) is 5.91 Å². The number of aromatic amines is 1. The normalized spacial score (nSPS) is 10.5. The molecular formula is C14H17N3O2. The van der Waals surface area contributed by atoms with E-state index in [4.69, 9.17) is 4.74 Å². The molecular weight excluding hydrogens is 242 g/mol. The highest BCUT2D eigenvalue weighted by Crippen LogP contribution is 2.18. The lowest BCUT2D eigenvalue weighted by molar-refractivity contribution is 0.102. The second kappa shape index (κ2) is 6.04. The fraction of sp³-hybridized carbons (Fsp3) is 0.286. The van der Waals surface area contributed by atoms with Crippen molar-refractivity contribution in [3.8, 4) is 5.75 Å². The smallest absolute Gasteiger partial charge is 0.258 e. The summed E-state index contributed by atoms with van der Waals surface area (Å²) in [6.45, 7) is 4.83. The Morgan fingerprint density at radius 1 is 1.47 bits per heavy atom. The van der Waals surface area contributed by atoms with Gasteiger partial charge < -0.3 is 10.1 Å². The number of ether oxygens (including phenoxy) is 1. The van der Waals surface area contributed by atoms with Crippen LogP contribution >= 0.6 is 0 Å². The Bertz CT molecular complexity index is 535. The summed E-state index contributed by atoms with van der Waals surface area (Å²) >= 11 is 0. The van der Waals surface area contributed by atoms with Gasteiger partial charge in [-0.3, -0.25) is 9.89 Å². The highest BCUT2D eigenvalue weighted by molar-refractivity contribution is 6.03. The van der Waals surface area contributed by atoms with E-state index >= 15 is 0 Å². The van der Waals surface area contributed by atoms with Gasteiger partial charge in [-0.1, -0.05) is 19.9 Å². The minimum atomic E-state index is -0.199. The molecule has 0 atom stereocenters. The van der Waals surface area contributed by atoms with Crippen LogP contribution in [-0.4, -0.2) is 22.7 Å². The summed E-state index contributed by atoms with van der Waals surface area (Å²) in [5.41, 5.74) is 1.20. The molecule has 0 radical (unpaired) electrons. The number of hydrogen-bond donors (Lipinski definition) is 2. The van der Waals surface area contributed by atoms with Crippen LogP contribution in [0.3, 0.4) is 0 Å². The fourth-order valence-electron chi connectivity index (χ4n) is 1.50. The average molecular weight is 259 g/mol. The molecule has 0 aliphatic rings. The number of anilines is 1. The van der Waals surface area contributed by atoms with Crippen molar-refractivity contribution in [1.29, 1.82) is 0 Å². The maximum absolute atomic E-state index is 11.8. The highest BCUT2D eigenvalue weighted by atomic mass is 16.5. The summed E-state index contributed by atoms with van der Waals surface area (Å²) in [5.74, 6) is 1.01. The SMILES string of the molecule is CC(C)COc1cccc(NC(=O)c2cn[nH]c2)c1. The van der Waals surface area contributed by atoms with Crippen molar-refractivity contribution in [3.63, 3.8) is 0 Å².